The number of thiazole rings is 1. The highest BCUT2D eigenvalue weighted by Gasteiger charge is 2.21. The van der Waals surface area contributed by atoms with E-state index in [4.69, 9.17) is 9.72 Å². The molecule has 0 bridgehead atoms. The van der Waals surface area contributed by atoms with E-state index in [0.29, 0.717) is 30.3 Å². The second-order valence-corrected chi connectivity index (χ2v) is 9.22. The number of hydrogen-bond acceptors (Lipinski definition) is 6. The lowest BCUT2D eigenvalue weighted by Gasteiger charge is -2.20. The van der Waals surface area contributed by atoms with Gasteiger partial charge in [-0.15, -0.1) is 11.8 Å². The fourth-order valence-corrected chi connectivity index (χ4v) is 5.06. The smallest absolute Gasteiger partial charge is 0.229 e. The van der Waals surface area contributed by atoms with E-state index in [9.17, 15) is 9.18 Å². The van der Waals surface area contributed by atoms with Crippen LogP contribution in [0.5, 0.6) is 5.75 Å². The van der Waals surface area contributed by atoms with E-state index >= 15 is 0 Å². The summed E-state index contributed by atoms with van der Waals surface area (Å²) in [5, 5.41) is 0.650. The van der Waals surface area contributed by atoms with Gasteiger partial charge in [0.15, 0.2) is 5.13 Å². The van der Waals surface area contributed by atoms with E-state index in [1.807, 2.05) is 30.3 Å². The van der Waals surface area contributed by atoms with Crippen LogP contribution in [0.2, 0.25) is 0 Å². The lowest BCUT2D eigenvalue weighted by molar-refractivity contribution is -0.118. The van der Waals surface area contributed by atoms with Crippen LogP contribution in [-0.4, -0.2) is 28.7 Å². The van der Waals surface area contributed by atoms with Gasteiger partial charge in [0.1, 0.15) is 17.1 Å². The Kier molecular flexibility index (Phi) is 7.34. The van der Waals surface area contributed by atoms with Crippen molar-refractivity contribution in [2.75, 3.05) is 17.8 Å². The molecule has 0 aliphatic carbocycles. The van der Waals surface area contributed by atoms with Gasteiger partial charge in [-0.05, 0) is 66.3 Å². The highest BCUT2D eigenvalue weighted by atomic mass is 32.2. The second-order valence-electron chi connectivity index (χ2n) is 7.04. The van der Waals surface area contributed by atoms with E-state index in [1.54, 1.807) is 48.3 Å². The highest BCUT2D eigenvalue weighted by Crippen LogP contribution is 2.35. The number of fused-ring (bicyclic) bond motifs is 1. The maximum absolute atomic E-state index is 13.2. The third kappa shape index (κ3) is 5.44. The van der Waals surface area contributed by atoms with Crippen LogP contribution in [0.4, 0.5) is 9.52 Å². The Labute approximate surface area is 194 Å². The molecule has 0 saturated heterocycles. The van der Waals surface area contributed by atoms with Gasteiger partial charge in [0, 0.05) is 23.7 Å². The number of carbonyl (C=O) groups excluding carboxylic acids is 1. The molecule has 0 saturated carbocycles. The summed E-state index contributed by atoms with van der Waals surface area (Å²) in [6.45, 7) is 0.425. The van der Waals surface area contributed by atoms with Gasteiger partial charge in [-0.2, -0.15) is 0 Å². The van der Waals surface area contributed by atoms with Gasteiger partial charge in [0.2, 0.25) is 5.91 Å². The molecule has 0 aliphatic rings. The summed E-state index contributed by atoms with van der Waals surface area (Å²) in [6.07, 6.45) is 4.55. The van der Waals surface area contributed by atoms with Crippen molar-refractivity contribution in [3.05, 3.63) is 78.4 Å². The van der Waals surface area contributed by atoms with Gasteiger partial charge in [-0.3, -0.25) is 14.7 Å². The third-order valence-corrected chi connectivity index (χ3v) is 6.97. The van der Waals surface area contributed by atoms with E-state index in [0.717, 1.165) is 26.4 Å². The van der Waals surface area contributed by atoms with Crippen molar-refractivity contribution < 1.29 is 13.9 Å². The Morgan fingerprint density at radius 3 is 2.66 bits per heavy atom. The highest BCUT2D eigenvalue weighted by molar-refractivity contribution is 7.99. The lowest BCUT2D eigenvalue weighted by Crippen LogP contribution is -2.30. The van der Waals surface area contributed by atoms with Crippen LogP contribution in [0.25, 0.3) is 10.2 Å². The Morgan fingerprint density at radius 1 is 1.12 bits per heavy atom. The minimum absolute atomic E-state index is 0.0135. The molecule has 0 spiro atoms. The van der Waals surface area contributed by atoms with E-state index in [-0.39, 0.29) is 11.7 Å². The van der Waals surface area contributed by atoms with Crippen molar-refractivity contribution in [3.8, 4) is 5.75 Å². The molecular weight excluding hydrogens is 445 g/mol. The Morgan fingerprint density at radius 2 is 1.91 bits per heavy atom. The molecule has 4 aromatic rings. The van der Waals surface area contributed by atoms with E-state index in [2.05, 4.69) is 4.98 Å². The molecule has 0 N–H and O–H groups in total. The lowest BCUT2D eigenvalue weighted by atomic mass is 10.2. The largest absolute Gasteiger partial charge is 0.494 e. The molecule has 0 aliphatic heterocycles. The SMILES string of the molecule is COc1cccc2sc(N(Cc3ccncc3)C(=O)CCCSc3ccc(F)cc3)nc12. The monoisotopic (exact) mass is 467 g/mol. The number of aromatic nitrogens is 2. The molecule has 2 heterocycles. The van der Waals surface area contributed by atoms with Crippen LogP contribution in [-0.2, 0) is 11.3 Å². The van der Waals surface area contributed by atoms with Crippen molar-refractivity contribution in [2.24, 2.45) is 0 Å². The number of benzene rings is 2. The molecule has 0 atom stereocenters. The van der Waals surface area contributed by atoms with Crippen LogP contribution in [0.15, 0.2) is 71.9 Å². The average Bonchev–Trinajstić information content (AvgIpc) is 3.26. The number of amides is 1. The number of para-hydroxylation sites is 1. The van der Waals surface area contributed by atoms with Gasteiger partial charge < -0.3 is 4.74 Å². The quantitative estimate of drug-likeness (QED) is 0.225. The van der Waals surface area contributed by atoms with Crippen molar-refractivity contribution >= 4 is 44.4 Å². The summed E-state index contributed by atoms with van der Waals surface area (Å²) in [7, 11) is 1.62. The predicted octanol–water partition coefficient (Wildman–Crippen LogP) is 5.94. The Balaban J connectivity index is 1.48. The van der Waals surface area contributed by atoms with Gasteiger partial charge in [0.05, 0.1) is 18.4 Å². The number of nitrogens with zero attached hydrogens (tertiary/aromatic N) is 3. The summed E-state index contributed by atoms with van der Waals surface area (Å²) in [6, 6.07) is 16.0. The molecular formula is C24H22FN3O2S2. The molecule has 164 valence electrons. The number of methoxy groups -OCH3 is 1. The number of halogens is 1. The normalized spacial score (nSPS) is 10.9. The van der Waals surface area contributed by atoms with Crippen molar-refractivity contribution in [2.45, 2.75) is 24.3 Å². The van der Waals surface area contributed by atoms with Crippen molar-refractivity contribution in [1.82, 2.24) is 9.97 Å². The molecule has 32 heavy (non-hydrogen) atoms. The summed E-state index contributed by atoms with van der Waals surface area (Å²) in [4.78, 5) is 24.7. The number of thioether (sulfide) groups is 1. The summed E-state index contributed by atoms with van der Waals surface area (Å²) in [5.41, 5.74) is 1.75. The molecule has 2 aromatic carbocycles. The first-order valence-electron chi connectivity index (χ1n) is 10.2. The topological polar surface area (TPSA) is 55.3 Å². The van der Waals surface area contributed by atoms with Crippen LogP contribution in [0.3, 0.4) is 0 Å². The van der Waals surface area contributed by atoms with Gasteiger partial charge in [-0.25, -0.2) is 9.37 Å². The fraction of sp³-hybridized carbons (Fsp3) is 0.208. The molecule has 4 rings (SSSR count). The number of rotatable bonds is 9. The molecule has 5 nitrogen and oxygen atoms in total. The molecule has 0 unspecified atom stereocenters. The van der Waals surface area contributed by atoms with Crippen LogP contribution in [0, 0.1) is 5.82 Å². The molecule has 0 radical (unpaired) electrons. The van der Waals surface area contributed by atoms with Gasteiger partial charge >= 0.3 is 0 Å². The Bertz CT molecular complexity index is 1180. The minimum Gasteiger partial charge on any atom is -0.494 e. The van der Waals surface area contributed by atoms with E-state index < -0.39 is 0 Å². The minimum atomic E-state index is -0.247. The van der Waals surface area contributed by atoms with Gasteiger partial charge in [-0.1, -0.05) is 17.4 Å². The van der Waals surface area contributed by atoms with E-state index in [1.165, 1.54) is 23.5 Å². The average molecular weight is 468 g/mol. The predicted molar refractivity (Wildman–Crippen MR) is 128 cm³/mol. The zero-order valence-corrected chi connectivity index (χ0v) is 19.2. The zero-order chi connectivity index (χ0) is 22.3. The first-order chi connectivity index (χ1) is 15.6. The fourth-order valence-electron chi connectivity index (χ4n) is 3.20. The van der Waals surface area contributed by atoms with Crippen molar-refractivity contribution in [1.29, 1.82) is 0 Å². The zero-order valence-electron chi connectivity index (χ0n) is 17.5. The standard InChI is InChI=1S/C24H22FN3O2S2/c1-30-20-4-2-5-21-23(20)27-24(32-21)28(16-17-11-13-26-14-12-17)22(29)6-3-15-31-19-9-7-18(25)8-10-19/h2,4-5,7-14H,3,6,15-16H2,1H3. The molecule has 1 amide bonds. The van der Waals surface area contributed by atoms with Crippen LogP contribution >= 0.6 is 23.1 Å². The maximum Gasteiger partial charge on any atom is 0.229 e. The number of hydrogen-bond donors (Lipinski definition) is 0. The van der Waals surface area contributed by atoms with Crippen LogP contribution in [0.1, 0.15) is 18.4 Å². The van der Waals surface area contributed by atoms with Crippen LogP contribution < -0.4 is 9.64 Å². The Hall–Kier alpha value is -2.97. The van der Waals surface area contributed by atoms with Gasteiger partial charge in [0.25, 0.3) is 0 Å². The molecule has 8 heteroatoms. The second kappa shape index (κ2) is 10.6. The van der Waals surface area contributed by atoms with Crippen molar-refractivity contribution in [3.63, 3.8) is 0 Å². The molecule has 2 aromatic heterocycles. The molecule has 0 fully saturated rings. The summed E-state index contributed by atoms with van der Waals surface area (Å²) in [5.74, 6) is 1.23. The first kappa shape index (κ1) is 22.2. The third-order valence-electron chi connectivity index (χ3n) is 4.83. The number of anilines is 1. The number of ether oxygens (including phenoxy) is 1. The maximum atomic E-state index is 13.2. The number of carbonyl (C=O) groups is 1. The number of pyridine rings is 1. The summed E-state index contributed by atoms with van der Waals surface area (Å²) < 4.78 is 19.5. The first-order valence-corrected chi connectivity index (χ1v) is 12.0. The summed E-state index contributed by atoms with van der Waals surface area (Å²) >= 11 is 3.09.